The number of carbonyl (C=O) groups excluding carboxylic acids is 1. The largest absolute Gasteiger partial charge is 0.375 e. The highest BCUT2D eigenvalue weighted by Crippen LogP contribution is 2.64. The highest BCUT2D eigenvalue weighted by atomic mass is 32.2. The molecule has 1 N–H and O–H groups in total. The van der Waals surface area contributed by atoms with E-state index in [1.54, 1.807) is 12.1 Å². The molecule has 2 saturated carbocycles. The molecule has 0 saturated heterocycles. The summed E-state index contributed by atoms with van der Waals surface area (Å²) in [7, 11) is -2.23. The van der Waals surface area contributed by atoms with Gasteiger partial charge in [-0.2, -0.15) is 0 Å². The molecule has 3 atom stereocenters. The van der Waals surface area contributed by atoms with Crippen LogP contribution >= 0.6 is 0 Å². The molecule has 144 valence electrons. The number of hydrogen-bond acceptors (Lipinski definition) is 4. The molecule has 2 aliphatic rings. The summed E-state index contributed by atoms with van der Waals surface area (Å²) >= 11 is 0. The molecule has 1 aromatic rings. The van der Waals surface area contributed by atoms with Gasteiger partial charge in [0, 0.05) is 25.5 Å². The Kier molecular flexibility index (Phi) is 5.01. The SMILES string of the molecule is CO[C@@H](CNS(=O)(=O)C[C@@]12CC[C@@H](CC1=O)C2(C)C)c1cccc(F)c1. The Balaban J connectivity index is 1.72. The second-order valence-electron chi connectivity index (χ2n) is 8.05. The van der Waals surface area contributed by atoms with Gasteiger partial charge in [-0.05, 0) is 41.9 Å². The van der Waals surface area contributed by atoms with E-state index in [1.165, 1.54) is 19.2 Å². The van der Waals surface area contributed by atoms with Gasteiger partial charge >= 0.3 is 0 Å². The van der Waals surface area contributed by atoms with Crippen molar-refractivity contribution in [1.29, 1.82) is 0 Å². The average Bonchev–Trinajstić information content (AvgIpc) is 2.89. The molecule has 0 spiro atoms. The van der Waals surface area contributed by atoms with Crippen LogP contribution in [0.15, 0.2) is 24.3 Å². The lowest BCUT2D eigenvalue weighted by atomic mass is 9.70. The van der Waals surface area contributed by atoms with E-state index in [2.05, 4.69) is 4.72 Å². The number of nitrogens with one attached hydrogen (secondary N) is 1. The Hall–Kier alpha value is -1.31. The number of methoxy groups -OCH3 is 1. The van der Waals surface area contributed by atoms with Crippen molar-refractivity contribution in [3.8, 4) is 0 Å². The fourth-order valence-electron chi connectivity index (χ4n) is 4.73. The molecule has 5 nitrogen and oxygen atoms in total. The molecule has 0 unspecified atom stereocenters. The van der Waals surface area contributed by atoms with Crippen LogP contribution in [0.25, 0.3) is 0 Å². The zero-order chi connectivity index (χ0) is 19.2. The minimum absolute atomic E-state index is 0.00356. The third-order valence-electron chi connectivity index (χ3n) is 6.57. The maximum Gasteiger partial charge on any atom is 0.212 e. The number of ketones is 1. The Morgan fingerprint density at radius 3 is 2.65 bits per heavy atom. The number of benzene rings is 1. The summed E-state index contributed by atoms with van der Waals surface area (Å²) in [6.07, 6.45) is 1.41. The molecule has 0 heterocycles. The number of fused-ring (bicyclic) bond motifs is 2. The normalized spacial score (nSPS) is 28.5. The third kappa shape index (κ3) is 3.21. The van der Waals surface area contributed by atoms with Gasteiger partial charge in [0.15, 0.2) is 0 Å². The minimum Gasteiger partial charge on any atom is -0.375 e. The molecular weight excluding hydrogens is 357 g/mol. The zero-order valence-electron chi connectivity index (χ0n) is 15.4. The lowest BCUT2D eigenvalue weighted by Gasteiger charge is -2.36. The number of hydrogen-bond donors (Lipinski definition) is 1. The van der Waals surface area contributed by atoms with Crippen molar-refractivity contribution >= 4 is 15.8 Å². The molecule has 0 aromatic heterocycles. The molecule has 0 amide bonds. The van der Waals surface area contributed by atoms with E-state index in [1.807, 2.05) is 13.8 Å². The van der Waals surface area contributed by atoms with Crippen LogP contribution in [-0.2, 0) is 19.6 Å². The maximum atomic E-state index is 13.4. The fraction of sp³-hybridized carbons (Fsp3) is 0.632. The summed E-state index contributed by atoms with van der Waals surface area (Å²) in [6, 6.07) is 5.90. The first kappa shape index (κ1) is 19.5. The second-order valence-corrected chi connectivity index (χ2v) is 9.86. The van der Waals surface area contributed by atoms with E-state index in [-0.39, 0.29) is 29.4 Å². The van der Waals surface area contributed by atoms with Gasteiger partial charge in [0.1, 0.15) is 11.6 Å². The smallest absolute Gasteiger partial charge is 0.212 e. The van der Waals surface area contributed by atoms with Gasteiger partial charge in [0.05, 0.1) is 11.9 Å². The molecule has 2 bridgehead atoms. The monoisotopic (exact) mass is 383 g/mol. The highest BCUT2D eigenvalue weighted by Gasteiger charge is 2.65. The molecule has 1 aromatic carbocycles. The number of sulfonamides is 1. The quantitative estimate of drug-likeness (QED) is 0.786. The van der Waals surface area contributed by atoms with Crippen LogP contribution < -0.4 is 4.72 Å². The van der Waals surface area contributed by atoms with Crippen molar-refractivity contribution in [3.63, 3.8) is 0 Å². The summed E-state index contributed by atoms with van der Waals surface area (Å²) in [5.41, 5.74) is -0.543. The van der Waals surface area contributed by atoms with Crippen molar-refractivity contribution in [2.75, 3.05) is 19.4 Å². The van der Waals surface area contributed by atoms with Gasteiger partial charge in [-0.3, -0.25) is 4.79 Å². The van der Waals surface area contributed by atoms with Crippen molar-refractivity contribution in [1.82, 2.24) is 4.72 Å². The number of carbonyl (C=O) groups is 1. The van der Waals surface area contributed by atoms with E-state index in [4.69, 9.17) is 4.74 Å². The molecule has 26 heavy (non-hydrogen) atoms. The van der Waals surface area contributed by atoms with Crippen LogP contribution in [0.3, 0.4) is 0 Å². The van der Waals surface area contributed by atoms with E-state index < -0.39 is 27.4 Å². The minimum atomic E-state index is -3.68. The molecular formula is C19H26FNO4S. The van der Waals surface area contributed by atoms with Crippen molar-refractivity contribution < 1.29 is 22.3 Å². The first-order chi connectivity index (χ1) is 12.1. The van der Waals surface area contributed by atoms with Crippen molar-refractivity contribution in [2.45, 2.75) is 39.2 Å². The van der Waals surface area contributed by atoms with Crippen LogP contribution in [0.5, 0.6) is 0 Å². The number of ether oxygens (including phenoxy) is 1. The van der Waals surface area contributed by atoms with E-state index in [9.17, 15) is 17.6 Å². The first-order valence-electron chi connectivity index (χ1n) is 8.90. The van der Waals surface area contributed by atoms with Gasteiger partial charge in [0.2, 0.25) is 10.0 Å². The van der Waals surface area contributed by atoms with E-state index in [0.29, 0.717) is 18.4 Å². The van der Waals surface area contributed by atoms with Gasteiger partial charge < -0.3 is 4.74 Å². The predicted molar refractivity (Wildman–Crippen MR) is 96.5 cm³/mol. The molecule has 0 aliphatic heterocycles. The van der Waals surface area contributed by atoms with Crippen LogP contribution in [0, 0.1) is 22.6 Å². The lowest BCUT2D eigenvalue weighted by Crippen LogP contribution is -2.46. The topological polar surface area (TPSA) is 72.5 Å². The Labute approximate surface area is 154 Å². The molecule has 3 rings (SSSR count). The standard InChI is InChI=1S/C19H26FNO4S/c1-18(2)14-7-8-19(18,17(22)10-14)12-26(23,24)21-11-16(25-3)13-5-4-6-15(20)9-13/h4-6,9,14,16,21H,7-8,10-12H2,1-3H3/t14-,16-,19-/m0/s1. The molecule has 7 heteroatoms. The summed E-state index contributed by atoms with van der Waals surface area (Å²) in [5.74, 6) is -0.259. The highest BCUT2D eigenvalue weighted by molar-refractivity contribution is 7.89. The van der Waals surface area contributed by atoms with Gasteiger partial charge in [-0.1, -0.05) is 26.0 Å². The average molecular weight is 383 g/mol. The van der Waals surface area contributed by atoms with Crippen LogP contribution in [0.4, 0.5) is 4.39 Å². The second kappa shape index (κ2) is 6.69. The van der Waals surface area contributed by atoms with Crippen molar-refractivity contribution in [2.24, 2.45) is 16.7 Å². The summed E-state index contributed by atoms with van der Waals surface area (Å²) in [5, 5.41) is 0. The predicted octanol–water partition coefficient (Wildman–Crippen LogP) is 2.83. The molecule has 0 radical (unpaired) electrons. The van der Waals surface area contributed by atoms with Gasteiger partial charge in [-0.15, -0.1) is 0 Å². The third-order valence-corrected chi connectivity index (χ3v) is 8.05. The van der Waals surface area contributed by atoms with Crippen LogP contribution in [0.1, 0.15) is 44.8 Å². The van der Waals surface area contributed by atoms with Crippen LogP contribution in [-0.4, -0.2) is 33.6 Å². The first-order valence-corrected chi connectivity index (χ1v) is 10.6. The Bertz CT molecular complexity index is 808. The zero-order valence-corrected chi connectivity index (χ0v) is 16.2. The maximum absolute atomic E-state index is 13.4. The van der Waals surface area contributed by atoms with Gasteiger partial charge in [0.25, 0.3) is 0 Å². The Morgan fingerprint density at radius 2 is 2.12 bits per heavy atom. The Morgan fingerprint density at radius 1 is 1.38 bits per heavy atom. The van der Waals surface area contributed by atoms with E-state index >= 15 is 0 Å². The molecule has 2 fully saturated rings. The lowest BCUT2D eigenvalue weighted by molar-refractivity contribution is -0.128. The summed E-state index contributed by atoms with van der Waals surface area (Å²) in [4.78, 5) is 12.5. The fourth-order valence-corrected chi connectivity index (χ4v) is 6.56. The van der Waals surface area contributed by atoms with Crippen LogP contribution in [0.2, 0.25) is 0 Å². The summed E-state index contributed by atoms with van der Waals surface area (Å²) < 4.78 is 46.7. The van der Waals surface area contributed by atoms with Crippen molar-refractivity contribution in [3.05, 3.63) is 35.6 Å². The summed E-state index contributed by atoms with van der Waals surface area (Å²) in [6.45, 7) is 4.02. The number of halogens is 1. The number of rotatable bonds is 7. The van der Waals surface area contributed by atoms with E-state index in [0.717, 1.165) is 6.42 Å². The molecule has 2 aliphatic carbocycles. The number of Topliss-reactive ketones (excluding diaryl/α,β-unsaturated/α-hetero) is 1. The van der Waals surface area contributed by atoms with Gasteiger partial charge in [-0.25, -0.2) is 17.5 Å².